The number of ether oxygens (including phenoxy) is 1. The zero-order valence-electron chi connectivity index (χ0n) is 9.11. The summed E-state index contributed by atoms with van der Waals surface area (Å²) < 4.78 is 4.66. The summed E-state index contributed by atoms with van der Waals surface area (Å²) >= 11 is 0. The van der Waals surface area contributed by atoms with Crippen LogP contribution in [0.5, 0.6) is 0 Å². The highest BCUT2D eigenvalue weighted by Gasteiger charge is 2.09. The first-order valence-electron chi connectivity index (χ1n) is 5.08. The molecule has 16 heavy (non-hydrogen) atoms. The Morgan fingerprint density at radius 3 is 2.56 bits per heavy atom. The lowest BCUT2D eigenvalue weighted by Crippen LogP contribution is -2.09. The molecule has 0 unspecified atom stereocenters. The van der Waals surface area contributed by atoms with Gasteiger partial charge in [0.15, 0.2) is 0 Å². The summed E-state index contributed by atoms with van der Waals surface area (Å²) in [5.41, 5.74) is 0.830. The Morgan fingerprint density at radius 1 is 1.25 bits per heavy atom. The maximum Gasteiger partial charge on any atom is 0.293 e. The lowest BCUT2D eigenvalue weighted by molar-refractivity contribution is -0.131. The van der Waals surface area contributed by atoms with Gasteiger partial charge in [0.25, 0.3) is 6.47 Å². The third kappa shape index (κ3) is 4.45. The molecular formula is C13H15O3. The van der Waals surface area contributed by atoms with Crippen molar-refractivity contribution in [3.05, 3.63) is 55.2 Å². The summed E-state index contributed by atoms with van der Waals surface area (Å²) in [6.07, 6.45) is 4.10. The molecule has 2 atom stereocenters. The second-order valence-electron chi connectivity index (χ2n) is 3.37. The van der Waals surface area contributed by atoms with Gasteiger partial charge in [-0.2, -0.15) is 0 Å². The SMILES string of the molecule is C[C@@H]([CH][CH][CH][C@@H](O)c1ccccc1)OC=O. The molecule has 0 heterocycles. The monoisotopic (exact) mass is 219 g/mol. The molecule has 0 saturated heterocycles. The maximum absolute atomic E-state index is 10.0. The number of hydrogen-bond acceptors (Lipinski definition) is 3. The van der Waals surface area contributed by atoms with Crippen molar-refractivity contribution in [2.45, 2.75) is 19.1 Å². The van der Waals surface area contributed by atoms with Gasteiger partial charge in [0, 0.05) is 6.42 Å². The molecule has 0 aliphatic carbocycles. The van der Waals surface area contributed by atoms with Crippen molar-refractivity contribution in [3.8, 4) is 0 Å². The number of aliphatic hydroxyl groups is 1. The Kier molecular flexibility index (Phi) is 5.57. The Labute approximate surface area is 96.1 Å². The summed E-state index contributed by atoms with van der Waals surface area (Å²) in [6, 6.07) is 9.33. The van der Waals surface area contributed by atoms with Crippen LogP contribution < -0.4 is 0 Å². The predicted molar refractivity (Wildman–Crippen MR) is 60.9 cm³/mol. The molecule has 0 bridgehead atoms. The standard InChI is InChI=1S/C13H15O3/c1-11(16-10-14)6-5-9-13(15)12-7-3-2-4-8-12/h2-11,13,15H,1H3/t11-,13+/m0/s1. The molecule has 3 radical (unpaired) electrons. The summed E-state index contributed by atoms with van der Waals surface area (Å²) in [6.45, 7) is 2.15. The highest BCUT2D eigenvalue weighted by Crippen LogP contribution is 2.17. The van der Waals surface area contributed by atoms with Crippen LogP contribution in [-0.4, -0.2) is 17.7 Å². The number of rotatable bonds is 7. The van der Waals surface area contributed by atoms with E-state index in [1.807, 2.05) is 30.3 Å². The topological polar surface area (TPSA) is 46.5 Å². The number of benzene rings is 1. The molecule has 1 aromatic carbocycles. The van der Waals surface area contributed by atoms with E-state index in [1.54, 1.807) is 26.2 Å². The van der Waals surface area contributed by atoms with Crippen LogP contribution >= 0.6 is 0 Å². The number of hydrogen-bond donors (Lipinski definition) is 1. The fourth-order valence-corrected chi connectivity index (χ4v) is 1.22. The number of aliphatic hydroxyl groups excluding tert-OH is 1. The minimum absolute atomic E-state index is 0.281. The lowest BCUT2D eigenvalue weighted by Gasteiger charge is -2.12. The van der Waals surface area contributed by atoms with Gasteiger partial charge in [-0.25, -0.2) is 0 Å². The van der Waals surface area contributed by atoms with Gasteiger partial charge in [0.1, 0.15) is 6.10 Å². The Balaban J connectivity index is 2.25. The van der Waals surface area contributed by atoms with E-state index in [1.165, 1.54) is 0 Å². The van der Waals surface area contributed by atoms with Crippen LogP contribution in [0, 0.1) is 19.3 Å². The first-order chi connectivity index (χ1) is 7.74. The van der Waals surface area contributed by atoms with Gasteiger partial charge in [-0.15, -0.1) is 0 Å². The van der Waals surface area contributed by atoms with Gasteiger partial charge in [-0.05, 0) is 25.3 Å². The van der Waals surface area contributed by atoms with Crippen molar-refractivity contribution in [3.63, 3.8) is 0 Å². The largest absolute Gasteiger partial charge is 0.465 e. The summed E-state index contributed by atoms with van der Waals surface area (Å²) in [5.74, 6) is 0. The molecule has 0 fully saturated rings. The van der Waals surface area contributed by atoms with E-state index < -0.39 is 6.10 Å². The molecule has 0 amide bonds. The quantitative estimate of drug-likeness (QED) is 0.712. The van der Waals surface area contributed by atoms with E-state index in [-0.39, 0.29) is 6.10 Å². The molecule has 85 valence electrons. The summed E-state index contributed by atoms with van der Waals surface area (Å²) in [7, 11) is 0. The van der Waals surface area contributed by atoms with Crippen molar-refractivity contribution in [2.24, 2.45) is 0 Å². The molecule has 0 aromatic heterocycles. The van der Waals surface area contributed by atoms with Crippen LogP contribution in [0.25, 0.3) is 0 Å². The molecular weight excluding hydrogens is 204 g/mol. The predicted octanol–water partition coefficient (Wildman–Crippen LogP) is 1.89. The van der Waals surface area contributed by atoms with Crippen LogP contribution in [0.1, 0.15) is 18.6 Å². The van der Waals surface area contributed by atoms with Crippen LogP contribution in [-0.2, 0) is 9.53 Å². The Bertz CT molecular complexity index is 297. The smallest absolute Gasteiger partial charge is 0.293 e. The van der Waals surface area contributed by atoms with E-state index in [4.69, 9.17) is 0 Å². The van der Waals surface area contributed by atoms with Crippen LogP contribution in [0.2, 0.25) is 0 Å². The highest BCUT2D eigenvalue weighted by atomic mass is 16.5. The lowest BCUT2D eigenvalue weighted by atomic mass is 10.0. The number of carbonyl (C=O) groups excluding carboxylic acids is 1. The number of carbonyl (C=O) groups is 1. The molecule has 3 heteroatoms. The molecule has 1 N–H and O–H groups in total. The van der Waals surface area contributed by atoms with Crippen LogP contribution in [0.15, 0.2) is 30.3 Å². The Morgan fingerprint density at radius 2 is 1.94 bits per heavy atom. The second-order valence-corrected chi connectivity index (χ2v) is 3.37. The average molecular weight is 219 g/mol. The van der Waals surface area contributed by atoms with Crippen molar-refractivity contribution >= 4 is 6.47 Å². The zero-order chi connectivity index (χ0) is 11.8. The van der Waals surface area contributed by atoms with Gasteiger partial charge >= 0.3 is 0 Å². The molecule has 0 aliphatic heterocycles. The molecule has 0 aliphatic rings. The van der Waals surface area contributed by atoms with Crippen molar-refractivity contribution < 1.29 is 14.6 Å². The van der Waals surface area contributed by atoms with E-state index in [0.29, 0.717) is 6.47 Å². The highest BCUT2D eigenvalue weighted by molar-refractivity contribution is 5.37. The van der Waals surface area contributed by atoms with Gasteiger partial charge in [-0.1, -0.05) is 30.3 Å². The fraction of sp³-hybridized carbons (Fsp3) is 0.231. The molecule has 0 spiro atoms. The van der Waals surface area contributed by atoms with Gasteiger partial charge in [0.05, 0.1) is 6.10 Å². The fourth-order valence-electron chi connectivity index (χ4n) is 1.22. The van der Waals surface area contributed by atoms with Crippen molar-refractivity contribution in [2.75, 3.05) is 0 Å². The third-order valence-corrected chi connectivity index (χ3v) is 2.09. The van der Waals surface area contributed by atoms with E-state index in [2.05, 4.69) is 4.74 Å². The van der Waals surface area contributed by atoms with Crippen LogP contribution in [0.4, 0.5) is 0 Å². The molecule has 1 aromatic rings. The Hall–Kier alpha value is -1.35. The van der Waals surface area contributed by atoms with Gasteiger partial charge < -0.3 is 9.84 Å². The van der Waals surface area contributed by atoms with Gasteiger partial charge in [-0.3, -0.25) is 4.79 Å². The molecule has 0 saturated carbocycles. The second kappa shape index (κ2) is 7.01. The van der Waals surface area contributed by atoms with E-state index in [9.17, 15) is 9.90 Å². The maximum atomic E-state index is 10.0. The van der Waals surface area contributed by atoms with E-state index in [0.717, 1.165) is 5.56 Å². The molecule has 3 nitrogen and oxygen atoms in total. The van der Waals surface area contributed by atoms with Gasteiger partial charge in [0.2, 0.25) is 0 Å². The van der Waals surface area contributed by atoms with Crippen molar-refractivity contribution in [1.82, 2.24) is 0 Å². The third-order valence-electron chi connectivity index (χ3n) is 2.09. The van der Waals surface area contributed by atoms with Crippen molar-refractivity contribution in [1.29, 1.82) is 0 Å². The normalized spacial score (nSPS) is 14.1. The van der Waals surface area contributed by atoms with Crippen LogP contribution in [0.3, 0.4) is 0 Å². The average Bonchev–Trinajstić information content (AvgIpc) is 2.30. The van der Waals surface area contributed by atoms with E-state index >= 15 is 0 Å². The summed E-state index contributed by atoms with van der Waals surface area (Å²) in [4.78, 5) is 10.0. The summed E-state index contributed by atoms with van der Waals surface area (Å²) in [5, 5.41) is 9.75. The zero-order valence-corrected chi connectivity index (χ0v) is 9.11. The minimum atomic E-state index is -0.638. The minimum Gasteiger partial charge on any atom is -0.465 e. The first kappa shape index (κ1) is 12.7. The molecule has 1 rings (SSSR count). The first-order valence-corrected chi connectivity index (χ1v) is 5.08.